The fourth-order valence-electron chi connectivity index (χ4n) is 4.19. The summed E-state index contributed by atoms with van der Waals surface area (Å²) in [5.74, 6) is -1.97. The van der Waals surface area contributed by atoms with Crippen molar-refractivity contribution in [2.24, 2.45) is 0 Å². The van der Waals surface area contributed by atoms with E-state index in [0.29, 0.717) is 28.1 Å². The second-order valence-corrected chi connectivity index (χ2v) is 9.35. The lowest BCUT2D eigenvalue weighted by Gasteiger charge is -2.12. The van der Waals surface area contributed by atoms with Gasteiger partial charge in [-0.2, -0.15) is 0 Å². The van der Waals surface area contributed by atoms with Gasteiger partial charge in [0.25, 0.3) is 5.91 Å². The van der Waals surface area contributed by atoms with Crippen LogP contribution in [0.3, 0.4) is 0 Å². The van der Waals surface area contributed by atoms with Crippen LogP contribution in [0.5, 0.6) is 0 Å². The largest absolute Gasteiger partial charge is 0.462 e. The molecule has 0 saturated carbocycles. The van der Waals surface area contributed by atoms with Crippen molar-refractivity contribution >= 4 is 45.2 Å². The van der Waals surface area contributed by atoms with E-state index in [0.717, 1.165) is 41.8 Å². The van der Waals surface area contributed by atoms with Gasteiger partial charge in [-0.1, -0.05) is 0 Å². The van der Waals surface area contributed by atoms with E-state index in [1.54, 1.807) is 23.6 Å². The van der Waals surface area contributed by atoms with E-state index >= 15 is 0 Å². The summed E-state index contributed by atoms with van der Waals surface area (Å²) in [4.78, 5) is 56.2. The Morgan fingerprint density at radius 1 is 1.11 bits per heavy atom. The molecular weight excluding hydrogens is 470 g/mol. The fraction of sp³-hybridized carbons (Fsp3) is 0.400. The van der Waals surface area contributed by atoms with Crippen molar-refractivity contribution in [3.8, 4) is 0 Å². The van der Waals surface area contributed by atoms with Crippen LogP contribution in [0, 0.1) is 6.92 Å². The van der Waals surface area contributed by atoms with Crippen LogP contribution in [0.15, 0.2) is 23.1 Å². The van der Waals surface area contributed by atoms with E-state index in [-0.39, 0.29) is 12.2 Å². The van der Waals surface area contributed by atoms with Gasteiger partial charge in [-0.15, -0.1) is 11.3 Å². The van der Waals surface area contributed by atoms with E-state index in [1.807, 2.05) is 13.8 Å². The molecule has 1 amide bonds. The Bertz CT molecular complexity index is 1370. The summed E-state index contributed by atoms with van der Waals surface area (Å²) in [6, 6.07) is 3.33. The maximum Gasteiger partial charge on any atom is 0.344 e. The molecule has 9 nitrogen and oxygen atoms in total. The molecule has 0 bridgehead atoms. The molecule has 0 fully saturated rings. The molecule has 0 spiro atoms. The molecule has 35 heavy (non-hydrogen) atoms. The molecule has 4 rings (SSSR count). The fourth-order valence-corrected chi connectivity index (χ4v) is 5.48. The van der Waals surface area contributed by atoms with Gasteiger partial charge >= 0.3 is 11.9 Å². The van der Waals surface area contributed by atoms with Crippen LogP contribution in [-0.2, 0) is 33.7 Å². The van der Waals surface area contributed by atoms with E-state index in [4.69, 9.17) is 9.47 Å². The highest BCUT2D eigenvalue weighted by Crippen LogP contribution is 2.38. The van der Waals surface area contributed by atoms with Crippen molar-refractivity contribution in [3.63, 3.8) is 0 Å². The number of aryl methyl sites for hydroxylation is 3. The SMILES string of the molecule is CCOC(=O)c1c(NC(=O)COC(=O)c2cn(CC)c3nc(C)ccc3c2=O)sc2c1CCCC2. The molecule has 0 radical (unpaired) electrons. The highest BCUT2D eigenvalue weighted by molar-refractivity contribution is 7.17. The third-order valence-corrected chi connectivity index (χ3v) is 7.07. The third-order valence-electron chi connectivity index (χ3n) is 5.86. The highest BCUT2D eigenvalue weighted by Gasteiger charge is 2.27. The first kappa shape index (κ1) is 24.6. The Hall–Kier alpha value is -3.53. The van der Waals surface area contributed by atoms with Crippen molar-refractivity contribution in [2.45, 2.75) is 53.0 Å². The Kier molecular flexibility index (Phi) is 7.30. The maximum atomic E-state index is 12.9. The molecular formula is C25H27N3O6S. The molecule has 0 aromatic carbocycles. The summed E-state index contributed by atoms with van der Waals surface area (Å²) < 4.78 is 12.1. The standard InChI is InChI=1S/C25H27N3O6S/c1-4-28-12-17(21(30)16-11-10-14(3)26-22(16)28)24(31)34-13-19(29)27-23-20(25(32)33-5-2)15-8-6-7-9-18(15)35-23/h10-12H,4-9,13H2,1-3H3,(H,27,29). The van der Waals surface area contributed by atoms with Gasteiger partial charge in [-0.05, 0) is 64.2 Å². The van der Waals surface area contributed by atoms with Gasteiger partial charge in [-0.3, -0.25) is 9.59 Å². The lowest BCUT2D eigenvalue weighted by atomic mass is 9.95. The lowest BCUT2D eigenvalue weighted by Crippen LogP contribution is -2.25. The number of amides is 1. The van der Waals surface area contributed by atoms with Crippen molar-refractivity contribution in [1.29, 1.82) is 0 Å². The number of hydrogen-bond acceptors (Lipinski definition) is 8. The minimum absolute atomic E-state index is 0.170. The molecule has 1 aliphatic rings. The second-order valence-electron chi connectivity index (χ2n) is 8.24. The van der Waals surface area contributed by atoms with Gasteiger partial charge in [0.15, 0.2) is 6.61 Å². The van der Waals surface area contributed by atoms with Crippen LogP contribution >= 0.6 is 11.3 Å². The smallest absolute Gasteiger partial charge is 0.344 e. The minimum atomic E-state index is -0.897. The lowest BCUT2D eigenvalue weighted by molar-refractivity contribution is -0.119. The number of thiophene rings is 1. The van der Waals surface area contributed by atoms with Gasteiger partial charge in [0, 0.05) is 23.3 Å². The van der Waals surface area contributed by atoms with Crippen LogP contribution in [0.2, 0.25) is 0 Å². The molecule has 0 aliphatic heterocycles. The first-order chi connectivity index (χ1) is 16.8. The van der Waals surface area contributed by atoms with Crippen LogP contribution < -0.4 is 10.7 Å². The Morgan fingerprint density at radius 3 is 2.63 bits per heavy atom. The van der Waals surface area contributed by atoms with E-state index in [9.17, 15) is 19.2 Å². The molecule has 3 aromatic rings. The monoisotopic (exact) mass is 497 g/mol. The van der Waals surface area contributed by atoms with Gasteiger partial charge in [-0.25, -0.2) is 14.6 Å². The van der Waals surface area contributed by atoms with Crippen LogP contribution in [0.4, 0.5) is 5.00 Å². The highest BCUT2D eigenvalue weighted by atomic mass is 32.1. The van der Waals surface area contributed by atoms with Gasteiger partial charge in [0.05, 0.1) is 17.6 Å². The van der Waals surface area contributed by atoms with Crippen LogP contribution in [0.1, 0.15) is 63.5 Å². The summed E-state index contributed by atoms with van der Waals surface area (Å²) >= 11 is 1.35. The van der Waals surface area contributed by atoms with Crippen molar-refractivity contribution < 1.29 is 23.9 Å². The molecule has 10 heteroatoms. The van der Waals surface area contributed by atoms with Crippen molar-refractivity contribution in [3.05, 3.63) is 55.8 Å². The molecule has 3 heterocycles. The Balaban J connectivity index is 1.52. The number of pyridine rings is 2. The van der Waals surface area contributed by atoms with Gasteiger partial charge in [0.1, 0.15) is 16.2 Å². The first-order valence-corrected chi connectivity index (χ1v) is 12.4. The number of esters is 2. The average molecular weight is 498 g/mol. The molecule has 3 aromatic heterocycles. The number of hydrogen-bond donors (Lipinski definition) is 1. The number of fused-ring (bicyclic) bond motifs is 2. The zero-order valence-electron chi connectivity index (χ0n) is 19.9. The summed E-state index contributed by atoms with van der Waals surface area (Å²) in [5.41, 5.74) is 1.87. The summed E-state index contributed by atoms with van der Waals surface area (Å²) in [6.45, 7) is 5.54. The first-order valence-electron chi connectivity index (χ1n) is 11.6. The van der Waals surface area contributed by atoms with E-state index < -0.39 is 29.9 Å². The summed E-state index contributed by atoms with van der Waals surface area (Å²) in [6.07, 6.45) is 5.00. The topological polar surface area (TPSA) is 117 Å². The van der Waals surface area contributed by atoms with Gasteiger partial charge in [0.2, 0.25) is 5.43 Å². The molecule has 184 valence electrons. The normalized spacial score (nSPS) is 12.8. The minimum Gasteiger partial charge on any atom is -0.462 e. The molecule has 0 saturated heterocycles. The molecule has 1 aliphatic carbocycles. The van der Waals surface area contributed by atoms with E-state index in [1.165, 1.54) is 17.5 Å². The number of nitrogens with one attached hydrogen (secondary N) is 1. The number of aromatic nitrogens is 2. The van der Waals surface area contributed by atoms with Gasteiger partial charge < -0.3 is 19.4 Å². The third kappa shape index (κ3) is 4.97. The maximum absolute atomic E-state index is 12.9. The zero-order valence-corrected chi connectivity index (χ0v) is 20.8. The number of carbonyl (C=O) groups excluding carboxylic acids is 3. The number of carbonyl (C=O) groups is 3. The second kappa shape index (κ2) is 10.4. The Labute approximate surface area is 206 Å². The Morgan fingerprint density at radius 2 is 1.89 bits per heavy atom. The molecule has 0 unspecified atom stereocenters. The number of ether oxygens (including phenoxy) is 2. The van der Waals surface area contributed by atoms with Crippen molar-refractivity contribution in [2.75, 3.05) is 18.5 Å². The quantitative estimate of drug-likeness (QED) is 0.495. The number of rotatable bonds is 7. The zero-order chi connectivity index (χ0) is 25.1. The number of nitrogens with zero attached hydrogens (tertiary/aromatic N) is 2. The molecule has 1 N–H and O–H groups in total. The molecule has 0 atom stereocenters. The summed E-state index contributed by atoms with van der Waals surface area (Å²) in [5, 5.41) is 3.40. The van der Waals surface area contributed by atoms with Crippen LogP contribution in [0.25, 0.3) is 11.0 Å². The predicted octanol–water partition coefficient (Wildman–Crippen LogP) is 3.64. The van der Waals surface area contributed by atoms with Crippen molar-refractivity contribution in [1.82, 2.24) is 9.55 Å². The summed E-state index contributed by atoms with van der Waals surface area (Å²) in [7, 11) is 0. The van der Waals surface area contributed by atoms with Crippen LogP contribution in [-0.4, -0.2) is 40.6 Å². The van der Waals surface area contributed by atoms with E-state index in [2.05, 4.69) is 10.3 Å². The average Bonchev–Trinajstić information content (AvgIpc) is 3.20. The predicted molar refractivity (Wildman–Crippen MR) is 132 cm³/mol. The number of anilines is 1.